The number of aryl methyl sites for hydroxylation is 1. The molecule has 0 aliphatic carbocycles. The summed E-state index contributed by atoms with van der Waals surface area (Å²) < 4.78 is 0. The van der Waals surface area contributed by atoms with Crippen LogP contribution in [0.2, 0.25) is 10.0 Å². The topological polar surface area (TPSA) is 118 Å². The Morgan fingerprint density at radius 1 is 1.00 bits per heavy atom. The molecule has 0 saturated carbocycles. The minimum atomic E-state index is -1.10. The second kappa shape index (κ2) is 9.28. The Morgan fingerprint density at radius 3 is 2.31 bits per heavy atom. The minimum absolute atomic E-state index is 0.0714. The molecule has 1 aliphatic rings. The molecule has 0 aromatic heterocycles. The van der Waals surface area contributed by atoms with E-state index >= 15 is 0 Å². The zero-order chi connectivity index (χ0) is 25.4. The lowest BCUT2D eigenvalue weighted by Crippen LogP contribution is -2.51. The maximum absolute atomic E-state index is 13.5. The summed E-state index contributed by atoms with van der Waals surface area (Å²) in [6, 6.07) is 14.0. The van der Waals surface area contributed by atoms with Crippen LogP contribution in [0.5, 0.6) is 0 Å². The molecule has 0 saturated heterocycles. The van der Waals surface area contributed by atoms with Crippen molar-refractivity contribution in [2.24, 2.45) is 0 Å². The van der Waals surface area contributed by atoms with Gasteiger partial charge < -0.3 is 0 Å². The maximum atomic E-state index is 13.5. The first-order valence-electron chi connectivity index (χ1n) is 10.1. The van der Waals surface area contributed by atoms with Crippen molar-refractivity contribution in [1.82, 2.24) is 10.0 Å². The Labute approximate surface area is 208 Å². The van der Waals surface area contributed by atoms with Crippen LogP contribution in [-0.4, -0.2) is 45.0 Å². The molecule has 0 atom stereocenters. The number of nitro groups is 1. The van der Waals surface area contributed by atoms with Gasteiger partial charge in [-0.05, 0) is 31.2 Å². The van der Waals surface area contributed by atoms with Crippen LogP contribution in [0.25, 0.3) is 0 Å². The molecule has 3 aromatic carbocycles. The number of hydrogen-bond donors (Lipinski definition) is 0. The minimum Gasteiger partial charge on any atom is -0.292 e. The quantitative estimate of drug-likeness (QED) is 0.204. The van der Waals surface area contributed by atoms with Crippen molar-refractivity contribution >= 4 is 52.4 Å². The molecule has 0 spiro atoms. The van der Waals surface area contributed by atoms with Crippen molar-refractivity contribution in [3.63, 3.8) is 0 Å². The molecule has 1 aliphatic heterocycles. The summed E-state index contributed by atoms with van der Waals surface area (Å²) in [5.41, 5.74) is -0.311. The van der Waals surface area contributed by atoms with E-state index in [0.29, 0.717) is 10.0 Å². The Balaban J connectivity index is 1.80. The average molecular weight is 512 g/mol. The monoisotopic (exact) mass is 511 g/mol. The van der Waals surface area contributed by atoms with E-state index in [0.717, 1.165) is 11.6 Å². The number of carbonyl (C=O) groups is 4. The Morgan fingerprint density at radius 2 is 1.69 bits per heavy atom. The number of Topliss-reactive ketones (excluding diaryl/α,β-unsaturated/α-hetero) is 1. The lowest BCUT2D eigenvalue weighted by molar-refractivity contribution is -0.385. The third-order valence-corrected chi connectivity index (χ3v) is 5.92. The average Bonchev–Trinajstić information content (AvgIpc) is 3.07. The van der Waals surface area contributed by atoms with Crippen LogP contribution < -0.4 is 0 Å². The summed E-state index contributed by atoms with van der Waals surface area (Å²) in [6.07, 6.45) is 0. The van der Waals surface area contributed by atoms with Gasteiger partial charge in [-0.1, -0.05) is 59.1 Å². The van der Waals surface area contributed by atoms with Crippen LogP contribution in [0.4, 0.5) is 5.69 Å². The van der Waals surface area contributed by atoms with E-state index in [9.17, 15) is 29.3 Å². The van der Waals surface area contributed by atoms with Crippen molar-refractivity contribution in [3.05, 3.63) is 109 Å². The molecule has 3 aromatic rings. The van der Waals surface area contributed by atoms with Gasteiger partial charge in [-0.2, -0.15) is 5.01 Å². The van der Waals surface area contributed by atoms with Gasteiger partial charge in [0.15, 0.2) is 5.78 Å². The summed E-state index contributed by atoms with van der Waals surface area (Å²) >= 11 is 12.1. The molecule has 0 unspecified atom stereocenters. The number of carbonyl (C=O) groups excluding carboxylic acids is 4. The fourth-order valence-corrected chi connectivity index (χ4v) is 4.12. The standard InChI is InChI=1S/C24H15Cl2N3O6/c1-13-5-7-14(8-6-13)20(30)12-27(22(31)16-10-9-15(25)11-18(16)26)28-23(32)17-3-2-4-19(29(34)35)21(17)24(28)33/h2-11H,12H2,1H3. The number of ketones is 1. The van der Waals surface area contributed by atoms with Gasteiger partial charge in [-0.15, -0.1) is 0 Å². The molecule has 176 valence electrons. The lowest BCUT2D eigenvalue weighted by Gasteiger charge is -2.29. The molecule has 9 nitrogen and oxygen atoms in total. The SMILES string of the molecule is Cc1ccc(C(=O)CN(C(=O)c2ccc(Cl)cc2Cl)N2C(=O)c3cccc([N+](=O)[O-])c3C2=O)cc1. The predicted molar refractivity (Wildman–Crippen MR) is 127 cm³/mol. The first kappa shape index (κ1) is 24.1. The molecule has 1 heterocycles. The molecule has 35 heavy (non-hydrogen) atoms. The van der Waals surface area contributed by atoms with Crippen LogP contribution >= 0.6 is 23.2 Å². The van der Waals surface area contributed by atoms with E-state index in [1.165, 1.54) is 30.3 Å². The number of halogens is 2. The van der Waals surface area contributed by atoms with E-state index in [-0.39, 0.29) is 26.7 Å². The zero-order valence-corrected chi connectivity index (χ0v) is 19.5. The number of nitro benzene ring substituents is 1. The first-order valence-corrected chi connectivity index (χ1v) is 10.9. The van der Waals surface area contributed by atoms with Crippen molar-refractivity contribution < 1.29 is 24.1 Å². The van der Waals surface area contributed by atoms with Crippen LogP contribution in [-0.2, 0) is 0 Å². The molecule has 0 bridgehead atoms. The number of hydrogen-bond acceptors (Lipinski definition) is 6. The van der Waals surface area contributed by atoms with Gasteiger partial charge in [0, 0.05) is 16.7 Å². The highest BCUT2D eigenvalue weighted by Crippen LogP contribution is 2.33. The van der Waals surface area contributed by atoms with E-state index < -0.39 is 46.2 Å². The van der Waals surface area contributed by atoms with E-state index in [2.05, 4.69) is 0 Å². The number of nitrogens with zero attached hydrogens (tertiary/aromatic N) is 3. The molecule has 0 N–H and O–H groups in total. The summed E-state index contributed by atoms with van der Waals surface area (Å²) in [7, 11) is 0. The van der Waals surface area contributed by atoms with Gasteiger partial charge in [0.05, 0.1) is 21.1 Å². The maximum Gasteiger partial charge on any atom is 0.287 e. The van der Waals surface area contributed by atoms with Crippen molar-refractivity contribution in [1.29, 1.82) is 0 Å². The molecule has 0 radical (unpaired) electrons. The van der Waals surface area contributed by atoms with Crippen molar-refractivity contribution in [3.8, 4) is 0 Å². The number of rotatable bonds is 6. The molecule has 4 rings (SSSR count). The smallest absolute Gasteiger partial charge is 0.287 e. The second-order valence-corrected chi connectivity index (χ2v) is 8.50. The van der Waals surface area contributed by atoms with E-state index in [1.807, 2.05) is 6.92 Å². The first-order chi connectivity index (χ1) is 16.6. The zero-order valence-electron chi connectivity index (χ0n) is 18.0. The molecule has 3 amide bonds. The fraction of sp³-hybridized carbons (Fsp3) is 0.0833. The molecular formula is C24H15Cl2N3O6. The predicted octanol–water partition coefficient (Wildman–Crippen LogP) is 4.75. The number of hydrazine groups is 1. The summed E-state index contributed by atoms with van der Waals surface area (Å²) in [4.78, 5) is 63.7. The second-order valence-electron chi connectivity index (χ2n) is 7.66. The fourth-order valence-electron chi connectivity index (χ4n) is 3.63. The highest BCUT2D eigenvalue weighted by atomic mass is 35.5. The van der Waals surface area contributed by atoms with Crippen molar-refractivity contribution in [2.75, 3.05) is 6.54 Å². The third kappa shape index (κ3) is 4.39. The largest absolute Gasteiger partial charge is 0.292 e. The highest BCUT2D eigenvalue weighted by Gasteiger charge is 2.46. The van der Waals surface area contributed by atoms with Gasteiger partial charge >= 0.3 is 0 Å². The summed E-state index contributed by atoms with van der Waals surface area (Å²) in [5.74, 6) is -3.60. The number of fused-ring (bicyclic) bond motifs is 1. The molecule has 11 heteroatoms. The van der Waals surface area contributed by atoms with Gasteiger partial charge in [-0.25, -0.2) is 5.01 Å². The summed E-state index contributed by atoms with van der Waals surface area (Å²) in [6.45, 7) is 1.12. The lowest BCUT2D eigenvalue weighted by atomic mass is 10.1. The normalized spacial score (nSPS) is 12.5. The number of imide groups is 1. The Bertz CT molecular complexity index is 1420. The number of amides is 3. The highest BCUT2D eigenvalue weighted by molar-refractivity contribution is 6.37. The third-order valence-electron chi connectivity index (χ3n) is 5.37. The van der Waals surface area contributed by atoms with Gasteiger partial charge in [-0.3, -0.25) is 29.3 Å². The van der Waals surface area contributed by atoms with Gasteiger partial charge in [0.2, 0.25) is 0 Å². The van der Waals surface area contributed by atoms with Crippen LogP contribution in [0.3, 0.4) is 0 Å². The Hall–Kier alpha value is -4.08. The van der Waals surface area contributed by atoms with Crippen LogP contribution in [0.15, 0.2) is 60.7 Å². The number of benzene rings is 3. The van der Waals surface area contributed by atoms with Gasteiger partial charge in [0.1, 0.15) is 12.1 Å². The molecule has 0 fully saturated rings. The van der Waals surface area contributed by atoms with E-state index in [4.69, 9.17) is 23.2 Å². The Kier molecular flexibility index (Phi) is 6.38. The van der Waals surface area contributed by atoms with Crippen molar-refractivity contribution in [2.45, 2.75) is 6.92 Å². The summed E-state index contributed by atoms with van der Waals surface area (Å²) in [5, 5.41) is 12.7. The van der Waals surface area contributed by atoms with Gasteiger partial charge in [0.25, 0.3) is 23.4 Å². The van der Waals surface area contributed by atoms with E-state index in [1.54, 1.807) is 24.3 Å². The van der Waals surface area contributed by atoms with Crippen LogP contribution in [0.1, 0.15) is 47.0 Å². The molecular weight excluding hydrogens is 497 g/mol. The van der Waals surface area contributed by atoms with Crippen LogP contribution in [0, 0.1) is 17.0 Å².